The van der Waals surface area contributed by atoms with Gasteiger partial charge in [0.15, 0.2) is 0 Å². The summed E-state index contributed by atoms with van der Waals surface area (Å²) in [6, 6.07) is 10.5. The Balaban J connectivity index is 1.26. The van der Waals surface area contributed by atoms with Crippen LogP contribution in [-0.4, -0.2) is 65.8 Å². The highest BCUT2D eigenvalue weighted by Crippen LogP contribution is 2.26. The molecule has 1 unspecified atom stereocenters. The molecule has 3 aliphatic rings. The van der Waals surface area contributed by atoms with Gasteiger partial charge in [-0.3, -0.25) is 14.5 Å². The number of benzene rings is 1. The summed E-state index contributed by atoms with van der Waals surface area (Å²) in [6.07, 6.45) is 7.84. The van der Waals surface area contributed by atoms with Crippen LogP contribution in [-0.2, 0) is 16.1 Å². The first-order chi connectivity index (χ1) is 14.2. The Morgan fingerprint density at radius 3 is 1.97 bits per heavy atom. The first-order valence-corrected chi connectivity index (χ1v) is 11.5. The van der Waals surface area contributed by atoms with E-state index in [9.17, 15) is 9.59 Å². The molecule has 1 atom stereocenters. The summed E-state index contributed by atoms with van der Waals surface area (Å²) in [5, 5.41) is 0. The summed E-state index contributed by atoms with van der Waals surface area (Å²) in [7, 11) is 0. The number of hydrogen-bond acceptors (Lipinski definition) is 3. The van der Waals surface area contributed by atoms with Crippen molar-refractivity contribution in [2.24, 2.45) is 11.8 Å². The summed E-state index contributed by atoms with van der Waals surface area (Å²) in [5.74, 6) is 0.972. The van der Waals surface area contributed by atoms with Crippen molar-refractivity contribution < 1.29 is 9.59 Å². The van der Waals surface area contributed by atoms with E-state index in [-0.39, 0.29) is 11.8 Å². The molecule has 158 valence electrons. The average Bonchev–Trinajstić information content (AvgIpc) is 2.80. The van der Waals surface area contributed by atoms with Gasteiger partial charge in [-0.15, -0.1) is 0 Å². The lowest BCUT2D eigenvalue weighted by molar-refractivity contribution is -0.145. The molecule has 2 saturated heterocycles. The van der Waals surface area contributed by atoms with Crippen LogP contribution in [0.5, 0.6) is 0 Å². The van der Waals surface area contributed by atoms with Gasteiger partial charge in [0.2, 0.25) is 11.8 Å². The van der Waals surface area contributed by atoms with E-state index in [1.165, 1.54) is 24.8 Å². The maximum atomic E-state index is 13.1. The third-order valence-corrected chi connectivity index (χ3v) is 6.96. The topological polar surface area (TPSA) is 43.9 Å². The molecule has 0 bridgehead atoms. The van der Waals surface area contributed by atoms with Crippen LogP contribution in [0.2, 0.25) is 0 Å². The molecule has 0 radical (unpaired) electrons. The Bertz CT molecular complexity index is 679. The molecule has 0 N–H and O–H groups in total. The molecular weight excluding hydrogens is 362 g/mol. The van der Waals surface area contributed by atoms with Gasteiger partial charge in [-0.25, -0.2) is 0 Å². The summed E-state index contributed by atoms with van der Waals surface area (Å²) >= 11 is 0. The lowest BCUT2D eigenvalue weighted by Crippen LogP contribution is -2.54. The van der Waals surface area contributed by atoms with Crippen LogP contribution in [0.1, 0.15) is 50.5 Å². The van der Waals surface area contributed by atoms with Gasteiger partial charge >= 0.3 is 0 Å². The number of hydrogen-bond donors (Lipinski definition) is 0. The minimum atomic E-state index is 0.105. The predicted octanol–water partition coefficient (Wildman–Crippen LogP) is 3.15. The molecule has 5 heteroatoms. The predicted molar refractivity (Wildman–Crippen MR) is 114 cm³/mol. The molecular formula is C24H35N3O2. The Kier molecular flexibility index (Phi) is 6.86. The third-order valence-electron chi connectivity index (χ3n) is 6.96. The Hall–Kier alpha value is -1.88. The van der Waals surface area contributed by atoms with E-state index in [4.69, 9.17) is 0 Å². The number of piperazine rings is 1. The normalized spacial score (nSPS) is 24.5. The van der Waals surface area contributed by atoms with Crippen molar-refractivity contribution in [2.45, 2.75) is 51.5 Å². The van der Waals surface area contributed by atoms with Crippen molar-refractivity contribution >= 4 is 11.8 Å². The summed E-state index contributed by atoms with van der Waals surface area (Å²) in [6.45, 7) is 5.67. The molecule has 3 fully saturated rings. The minimum Gasteiger partial charge on any atom is -0.339 e. The van der Waals surface area contributed by atoms with Gasteiger partial charge in [-0.2, -0.15) is 0 Å². The first-order valence-electron chi connectivity index (χ1n) is 11.5. The van der Waals surface area contributed by atoms with Gasteiger partial charge in [-0.05, 0) is 37.8 Å². The Labute approximate surface area is 175 Å². The minimum absolute atomic E-state index is 0.105. The van der Waals surface area contributed by atoms with Crippen LogP contribution in [0.15, 0.2) is 30.3 Å². The lowest BCUT2D eigenvalue weighted by atomic mass is 9.88. The molecule has 2 aliphatic heterocycles. The molecule has 2 heterocycles. The van der Waals surface area contributed by atoms with Crippen LogP contribution in [0.25, 0.3) is 0 Å². The lowest BCUT2D eigenvalue weighted by Gasteiger charge is -2.40. The molecule has 2 amide bonds. The van der Waals surface area contributed by atoms with E-state index in [0.29, 0.717) is 38.0 Å². The second-order valence-corrected chi connectivity index (χ2v) is 9.05. The van der Waals surface area contributed by atoms with E-state index < -0.39 is 0 Å². The van der Waals surface area contributed by atoms with Crippen LogP contribution in [0.4, 0.5) is 0 Å². The van der Waals surface area contributed by atoms with Gasteiger partial charge in [0.1, 0.15) is 0 Å². The van der Waals surface area contributed by atoms with Crippen molar-refractivity contribution in [3.05, 3.63) is 35.9 Å². The standard InChI is InChI=1S/C24H35N3O2/c28-23(21-10-5-2-6-11-21)26-14-16-27(17-15-26)24(29)22-12-7-13-25(19-22)18-20-8-3-1-4-9-20/h1,3-4,8-9,21-22H,2,5-7,10-19H2. The molecule has 5 nitrogen and oxygen atoms in total. The fourth-order valence-corrected chi connectivity index (χ4v) is 5.26. The highest BCUT2D eigenvalue weighted by molar-refractivity contribution is 5.81. The molecule has 1 aromatic rings. The zero-order valence-corrected chi connectivity index (χ0v) is 17.6. The summed E-state index contributed by atoms with van der Waals surface area (Å²) in [4.78, 5) is 32.3. The van der Waals surface area contributed by atoms with Crippen molar-refractivity contribution in [2.75, 3.05) is 39.3 Å². The number of likely N-dealkylation sites (tertiary alicyclic amines) is 1. The number of rotatable bonds is 4. The zero-order valence-electron chi connectivity index (χ0n) is 17.6. The van der Waals surface area contributed by atoms with E-state index in [1.54, 1.807) is 0 Å². The van der Waals surface area contributed by atoms with Crippen molar-refractivity contribution in [1.82, 2.24) is 14.7 Å². The molecule has 1 saturated carbocycles. The second kappa shape index (κ2) is 9.75. The van der Waals surface area contributed by atoms with Gasteiger partial charge in [0.05, 0.1) is 5.92 Å². The summed E-state index contributed by atoms with van der Waals surface area (Å²) in [5.41, 5.74) is 1.32. The number of amides is 2. The SMILES string of the molecule is O=C(C1CCCCC1)N1CCN(C(=O)C2CCCN(Cc3ccccc3)C2)CC1. The maximum Gasteiger partial charge on any atom is 0.227 e. The quantitative estimate of drug-likeness (QED) is 0.784. The Morgan fingerprint density at radius 2 is 1.31 bits per heavy atom. The van der Waals surface area contributed by atoms with Crippen LogP contribution in [0, 0.1) is 11.8 Å². The van der Waals surface area contributed by atoms with E-state index in [2.05, 4.69) is 29.2 Å². The molecule has 4 rings (SSSR count). The van der Waals surface area contributed by atoms with Gasteiger partial charge in [-0.1, -0.05) is 49.6 Å². The van der Waals surface area contributed by atoms with Gasteiger partial charge in [0.25, 0.3) is 0 Å². The molecule has 1 aliphatic carbocycles. The average molecular weight is 398 g/mol. The van der Waals surface area contributed by atoms with Crippen molar-refractivity contribution in [3.8, 4) is 0 Å². The molecule has 0 aromatic heterocycles. The van der Waals surface area contributed by atoms with Gasteiger partial charge in [0, 0.05) is 45.2 Å². The first kappa shape index (κ1) is 20.4. The smallest absolute Gasteiger partial charge is 0.227 e. The largest absolute Gasteiger partial charge is 0.339 e. The number of nitrogens with zero attached hydrogens (tertiary/aromatic N) is 3. The van der Waals surface area contributed by atoms with Crippen LogP contribution in [0.3, 0.4) is 0 Å². The fraction of sp³-hybridized carbons (Fsp3) is 0.667. The molecule has 29 heavy (non-hydrogen) atoms. The van der Waals surface area contributed by atoms with E-state index in [0.717, 1.165) is 45.3 Å². The van der Waals surface area contributed by atoms with E-state index in [1.807, 2.05) is 15.9 Å². The molecule has 1 aromatic carbocycles. The van der Waals surface area contributed by atoms with E-state index >= 15 is 0 Å². The fourth-order valence-electron chi connectivity index (χ4n) is 5.26. The highest BCUT2D eigenvalue weighted by atomic mass is 16.2. The van der Waals surface area contributed by atoms with Crippen molar-refractivity contribution in [1.29, 1.82) is 0 Å². The highest BCUT2D eigenvalue weighted by Gasteiger charge is 2.33. The molecule has 0 spiro atoms. The maximum absolute atomic E-state index is 13.1. The monoisotopic (exact) mass is 397 g/mol. The second-order valence-electron chi connectivity index (χ2n) is 9.05. The van der Waals surface area contributed by atoms with Crippen LogP contribution < -0.4 is 0 Å². The number of piperidine rings is 1. The number of carbonyl (C=O) groups is 2. The number of carbonyl (C=O) groups excluding carboxylic acids is 2. The summed E-state index contributed by atoms with van der Waals surface area (Å²) < 4.78 is 0. The van der Waals surface area contributed by atoms with Crippen molar-refractivity contribution in [3.63, 3.8) is 0 Å². The van der Waals surface area contributed by atoms with Gasteiger partial charge < -0.3 is 9.80 Å². The third kappa shape index (κ3) is 5.19. The zero-order chi connectivity index (χ0) is 20.1. The Morgan fingerprint density at radius 1 is 0.724 bits per heavy atom. The van der Waals surface area contributed by atoms with Crippen LogP contribution >= 0.6 is 0 Å².